The fourth-order valence-electron chi connectivity index (χ4n) is 2.33. The van der Waals surface area contributed by atoms with E-state index in [9.17, 15) is 5.11 Å². The van der Waals surface area contributed by atoms with Crippen molar-refractivity contribution in [2.45, 2.75) is 38.2 Å². The molecular weight excluding hydrogens is 260 g/mol. The monoisotopic (exact) mass is 284 g/mol. The zero-order valence-electron chi connectivity index (χ0n) is 12.9. The molecule has 1 aliphatic rings. The van der Waals surface area contributed by atoms with Gasteiger partial charge in [-0.15, -0.1) is 0 Å². The molecular formula is C19H24O2. The molecule has 0 aromatic heterocycles. The number of phenols is 1. The van der Waals surface area contributed by atoms with Crippen LogP contribution in [0.4, 0.5) is 0 Å². The summed E-state index contributed by atoms with van der Waals surface area (Å²) < 4.78 is 5.28. The van der Waals surface area contributed by atoms with Gasteiger partial charge in [0.15, 0.2) is 0 Å². The first-order chi connectivity index (χ1) is 10.0. The highest BCUT2D eigenvalue weighted by molar-refractivity contribution is 5.32. The molecule has 1 aliphatic heterocycles. The SMILES string of the molecule is C=C/C=C(\C=C/CC(C)(C)c1ccc(O)cc1)CC1CO1. The molecule has 1 atom stereocenters. The molecule has 21 heavy (non-hydrogen) atoms. The second-order valence-corrected chi connectivity index (χ2v) is 6.17. The van der Waals surface area contributed by atoms with E-state index in [1.165, 1.54) is 11.1 Å². The number of phenolic OH excluding ortho intramolecular Hbond substituents is 1. The molecule has 0 radical (unpaired) electrons. The number of hydrogen-bond donors (Lipinski definition) is 1. The van der Waals surface area contributed by atoms with Crippen LogP contribution in [-0.4, -0.2) is 17.8 Å². The van der Waals surface area contributed by atoms with E-state index in [0.717, 1.165) is 19.4 Å². The summed E-state index contributed by atoms with van der Waals surface area (Å²) in [7, 11) is 0. The van der Waals surface area contributed by atoms with Crippen molar-refractivity contribution in [3.63, 3.8) is 0 Å². The lowest BCUT2D eigenvalue weighted by Crippen LogP contribution is -2.15. The lowest BCUT2D eigenvalue weighted by molar-refractivity contribution is 0.408. The molecule has 0 saturated carbocycles. The molecule has 2 rings (SSSR count). The van der Waals surface area contributed by atoms with Gasteiger partial charge in [-0.1, -0.05) is 56.9 Å². The Kier molecular flexibility index (Phi) is 5.03. The Morgan fingerprint density at radius 3 is 2.62 bits per heavy atom. The number of rotatable bonds is 7. The molecule has 0 amide bonds. The fraction of sp³-hybridized carbons (Fsp3) is 0.368. The molecule has 1 saturated heterocycles. The molecule has 1 aromatic rings. The van der Waals surface area contributed by atoms with Gasteiger partial charge in [-0.3, -0.25) is 0 Å². The van der Waals surface area contributed by atoms with Crippen LogP contribution in [0, 0.1) is 0 Å². The van der Waals surface area contributed by atoms with Crippen LogP contribution in [0.15, 0.2) is 60.7 Å². The Balaban J connectivity index is 1.98. The number of allylic oxidation sites excluding steroid dienone is 4. The van der Waals surface area contributed by atoms with Gasteiger partial charge in [-0.05, 0) is 35.1 Å². The minimum absolute atomic E-state index is 0.0412. The first-order valence-electron chi connectivity index (χ1n) is 7.40. The van der Waals surface area contributed by atoms with Crippen molar-refractivity contribution in [1.82, 2.24) is 0 Å². The van der Waals surface area contributed by atoms with Gasteiger partial charge in [-0.2, -0.15) is 0 Å². The smallest absolute Gasteiger partial charge is 0.115 e. The Morgan fingerprint density at radius 2 is 2.05 bits per heavy atom. The Bertz CT molecular complexity index is 531. The molecule has 1 heterocycles. The highest BCUT2D eigenvalue weighted by Gasteiger charge is 2.23. The van der Waals surface area contributed by atoms with E-state index in [1.54, 1.807) is 12.1 Å². The van der Waals surface area contributed by atoms with Crippen molar-refractivity contribution in [1.29, 1.82) is 0 Å². The zero-order chi connectivity index (χ0) is 15.3. The largest absolute Gasteiger partial charge is 0.508 e. The van der Waals surface area contributed by atoms with E-state index in [-0.39, 0.29) is 5.41 Å². The van der Waals surface area contributed by atoms with Gasteiger partial charge in [-0.25, -0.2) is 0 Å². The highest BCUT2D eigenvalue weighted by atomic mass is 16.6. The van der Waals surface area contributed by atoms with Crippen LogP contribution in [0.3, 0.4) is 0 Å². The summed E-state index contributed by atoms with van der Waals surface area (Å²) in [4.78, 5) is 0. The molecule has 1 N–H and O–H groups in total. The van der Waals surface area contributed by atoms with E-state index < -0.39 is 0 Å². The number of ether oxygens (including phenoxy) is 1. The third kappa shape index (κ3) is 4.91. The molecule has 2 heteroatoms. The molecule has 112 valence electrons. The van der Waals surface area contributed by atoms with Crippen molar-refractivity contribution in [3.05, 3.63) is 66.3 Å². The average Bonchev–Trinajstić information content (AvgIpc) is 3.23. The molecule has 2 nitrogen and oxygen atoms in total. The number of hydrogen-bond acceptors (Lipinski definition) is 2. The first-order valence-corrected chi connectivity index (χ1v) is 7.40. The summed E-state index contributed by atoms with van der Waals surface area (Å²) >= 11 is 0. The molecule has 0 spiro atoms. The highest BCUT2D eigenvalue weighted by Crippen LogP contribution is 2.29. The van der Waals surface area contributed by atoms with Gasteiger partial charge in [0.25, 0.3) is 0 Å². The topological polar surface area (TPSA) is 32.8 Å². The van der Waals surface area contributed by atoms with Crippen molar-refractivity contribution in [2.75, 3.05) is 6.61 Å². The first kappa shape index (κ1) is 15.6. The Labute approximate surface area is 127 Å². The van der Waals surface area contributed by atoms with Crippen molar-refractivity contribution >= 4 is 0 Å². The summed E-state index contributed by atoms with van der Waals surface area (Å²) in [6.07, 6.45) is 10.6. The van der Waals surface area contributed by atoms with E-state index in [1.807, 2.05) is 24.3 Å². The summed E-state index contributed by atoms with van der Waals surface area (Å²) in [5.41, 5.74) is 2.53. The second-order valence-electron chi connectivity index (χ2n) is 6.17. The number of epoxide rings is 1. The van der Waals surface area contributed by atoms with Crippen LogP contribution >= 0.6 is 0 Å². The summed E-state index contributed by atoms with van der Waals surface area (Å²) in [5.74, 6) is 0.311. The van der Waals surface area contributed by atoms with Crippen LogP contribution < -0.4 is 0 Å². The van der Waals surface area contributed by atoms with Gasteiger partial charge < -0.3 is 9.84 Å². The Morgan fingerprint density at radius 1 is 1.38 bits per heavy atom. The lowest BCUT2D eigenvalue weighted by Gasteiger charge is -2.23. The van der Waals surface area contributed by atoms with Crippen molar-refractivity contribution < 1.29 is 9.84 Å². The molecule has 1 aromatic carbocycles. The van der Waals surface area contributed by atoms with Crippen molar-refractivity contribution in [3.8, 4) is 5.75 Å². The normalized spacial score (nSPS) is 19.0. The maximum absolute atomic E-state index is 9.38. The van der Waals surface area contributed by atoms with Crippen molar-refractivity contribution in [2.24, 2.45) is 0 Å². The summed E-state index contributed by atoms with van der Waals surface area (Å²) in [5, 5.41) is 9.38. The standard InChI is InChI=1S/C19H24O2/c1-4-6-15(13-18-14-21-18)7-5-12-19(2,3)16-8-10-17(20)11-9-16/h4-11,18,20H,1,12-14H2,2-3H3/b7-5-,15-6+. The van der Waals surface area contributed by atoms with Crippen LogP contribution in [0.2, 0.25) is 0 Å². The van der Waals surface area contributed by atoms with Gasteiger partial charge in [0.05, 0.1) is 12.7 Å². The third-order valence-electron chi connectivity index (χ3n) is 3.81. The second kappa shape index (κ2) is 6.77. The molecule has 1 fully saturated rings. The predicted molar refractivity (Wildman–Crippen MR) is 87.5 cm³/mol. The predicted octanol–water partition coefficient (Wildman–Crippen LogP) is 4.52. The molecule has 1 unspecified atom stereocenters. The summed E-state index contributed by atoms with van der Waals surface area (Å²) in [6.45, 7) is 9.07. The minimum atomic E-state index is 0.0412. The quantitative estimate of drug-likeness (QED) is 0.590. The van der Waals surface area contributed by atoms with Crippen LogP contribution in [-0.2, 0) is 10.2 Å². The van der Waals surface area contributed by atoms with Gasteiger partial charge in [0.1, 0.15) is 5.75 Å². The third-order valence-corrected chi connectivity index (χ3v) is 3.81. The maximum atomic E-state index is 9.38. The molecule has 0 bridgehead atoms. The Hall–Kier alpha value is -1.80. The maximum Gasteiger partial charge on any atom is 0.115 e. The van der Waals surface area contributed by atoms with Crippen LogP contribution in [0.1, 0.15) is 32.3 Å². The van der Waals surface area contributed by atoms with E-state index in [0.29, 0.717) is 11.9 Å². The van der Waals surface area contributed by atoms with E-state index in [2.05, 4.69) is 32.6 Å². The zero-order valence-corrected chi connectivity index (χ0v) is 12.9. The molecule has 0 aliphatic carbocycles. The minimum Gasteiger partial charge on any atom is -0.508 e. The fourth-order valence-corrected chi connectivity index (χ4v) is 2.33. The van der Waals surface area contributed by atoms with Crippen LogP contribution in [0.5, 0.6) is 5.75 Å². The van der Waals surface area contributed by atoms with Gasteiger partial charge >= 0.3 is 0 Å². The van der Waals surface area contributed by atoms with E-state index >= 15 is 0 Å². The van der Waals surface area contributed by atoms with Gasteiger partial charge in [0, 0.05) is 6.42 Å². The number of benzene rings is 1. The number of aromatic hydroxyl groups is 1. The van der Waals surface area contributed by atoms with Gasteiger partial charge in [0.2, 0.25) is 0 Å². The average molecular weight is 284 g/mol. The summed E-state index contributed by atoms with van der Waals surface area (Å²) in [6, 6.07) is 7.46. The lowest BCUT2D eigenvalue weighted by atomic mass is 9.81. The van der Waals surface area contributed by atoms with Crippen LogP contribution in [0.25, 0.3) is 0 Å². The van der Waals surface area contributed by atoms with E-state index in [4.69, 9.17) is 4.74 Å².